The van der Waals surface area contributed by atoms with Crippen LogP contribution in [-0.4, -0.2) is 69.1 Å². The highest BCUT2D eigenvalue weighted by Gasteiger charge is 2.38. The average molecular weight is 847 g/mol. The molecule has 9 rings (SSSR count). The number of amides is 2. The fraction of sp³-hybridized carbons (Fsp3) is 0.184. The number of halogens is 1. The van der Waals surface area contributed by atoms with Crippen molar-refractivity contribution in [2.45, 2.75) is 25.3 Å². The number of aryl methyl sites for hydroxylation is 1. The second-order valence-corrected chi connectivity index (χ2v) is 15.4. The molecule has 318 valence electrons. The number of aromatic nitrogens is 2. The van der Waals surface area contributed by atoms with Gasteiger partial charge in [-0.3, -0.25) is 33.5 Å². The summed E-state index contributed by atoms with van der Waals surface area (Å²) in [6.45, 7) is 1.09. The number of nitrogens with zero attached hydrogens (tertiary/aromatic N) is 5. The zero-order valence-electron chi connectivity index (χ0n) is 34.1. The Kier molecular flexibility index (Phi) is 11.3. The highest BCUT2D eigenvalue weighted by atomic mass is 19.1. The van der Waals surface area contributed by atoms with Crippen LogP contribution >= 0.6 is 0 Å². The Morgan fingerprint density at radius 3 is 2.48 bits per heavy atom. The normalized spacial score (nSPS) is 16.3. The molecule has 0 saturated heterocycles. The van der Waals surface area contributed by atoms with Crippen LogP contribution < -0.4 is 30.8 Å². The lowest BCUT2D eigenvalue weighted by Crippen LogP contribution is -2.55. The predicted molar refractivity (Wildman–Crippen MR) is 235 cm³/mol. The van der Waals surface area contributed by atoms with Gasteiger partial charge in [0.05, 0.1) is 0 Å². The maximum Gasteiger partial charge on any atom is 0.278 e. The number of nitrogens with one attached hydrogen (secondary N) is 1. The van der Waals surface area contributed by atoms with Crippen LogP contribution in [0.15, 0.2) is 155 Å². The predicted octanol–water partition coefficient (Wildman–Crippen LogP) is 6.47. The van der Waals surface area contributed by atoms with E-state index in [1.807, 2.05) is 90.0 Å². The van der Waals surface area contributed by atoms with Crippen molar-refractivity contribution >= 4 is 11.8 Å². The summed E-state index contributed by atoms with van der Waals surface area (Å²) in [5, 5.41) is 12.1. The van der Waals surface area contributed by atoms with Crippen molar-refractivity contribution in [2.75, 3.05) is 43.5 Å². The highest BCUT2D eigenvalue weighted by Crippen LogP contribution is 2.38. The summed E-state index contributed by atoms with van der Waals surface area (Å²) in [6, 6.07) is 31.5. The van der Waals surface area contributed by atoms with Crippen molar-refractivity contribution in [2.24, 2.45) is 0 Å². The summed E-state index contributed by atoms with van der Waals surface area (Å²) >= 11 is 0. The van der Waals surface area contributed by atoms with Crippen LogP contribution in [0.2, 0.25) is 0 Å². The summed E-state index contributed by atoms with van der Waals surface area (Å²) in [5.74, 6) is -1.09. The largest absolute Gasteiger partial charge is 0.502 e. The molecule has 0 unspecified atom stereocenters. The summed E-state index contributed by atoms with van der Waals surface area (Å²) in [7, 11) is 0. The molecule has 0 aliphatic carbocycles. The first kappa shape index (κ1) is 40.5. The van der Waals surface area contributed by atoms with E-state index in [0.717, 1.165) is 28.7 Å². The average Bonchev–Trinajstić information content (AvgIpc) is 3.32. The summed E-state index contributed by atoms with van der Waals surface area (Å²) in [5.41, 5.74) is 6.44. The third-order valence-electron chi connectivity index (χ3n) is 11.3. The lowest BCUT2D eigenvalue weighted by Gasteiger charge is -2.44. The zero-order valence-corrected chi connectivity index (χ0v) is 34.1. The molecular weight excluding hydrogens is 804 g/mol. The Morgan fingerprint density at radius 2 is 1.62 bits per heavy atom. The third-order valence-corrected chi connectivity index (χ3v) is 11.3. The Bertz CT molecular complexity index is 2890. The third kappa shape index (κ3) is 8.30. The van der Waals surface area contributed by atoms with E-state index in [1.54, 1.807) is 27.9 Å². The number of allylic oxidation sites excluding steroid dienone is 1. The van der Waals surface area contributed by atoms with Gasteiger partial charge in [-0.05, 0) is 77.9 Å². The Hall–Kier alpha value is -7.87. The van der Waals surface area contributed by atoms with E-state index in [2.05, 4.69) is 17.6 Å². The van der Waals surface area contributed by atoms with E-state index in [4.69, 9.17) is 9.47 Å². The van der Waals surface area contributed by atoms with Crippen LogP contribution in [0.25, 0.3) is 0 Å². The Labute approximate surface area is 361 Å². The second-order valence-electron chi connectivity index (χ2n) is 15.4. The minimum Gasteiger partial charge on any atom is -0.502 e. The van der Waals surface area contributed by atoms with Crippen molar-refractivity contribution in [1.82, 2.24) is 19.2 Å². The maximum absolute atomic E-state index is 15.1. The molecule has 2 bridgehead atoms. The molecule has 2 aromatic heterocycles. The molecule has 0 saturated carbocycles. The van der Waals surface area contributed by atoms with Crippen molar-refractivity contribution in [3.05, 3.63) is 211 Å². The molecular formula is C49H43FN6O7. The number of carbonyl (C=O) groups excluding carboxylic acids is 2. The second kappa shape index (κ2) is 17.6. The maximum atomic E-state index is 15.1. The molecule has 0 fully saturated rings. The van der Waals surface area contributed by atoms with Gasteiger partial charge in [0.2, 0.25) is 16.6 Å². The number of aromatic hydroxyl groups is 1. The van der Waals surface area contributed by atoms with Gasteiger partial charge < -0.3 is 29.8 Å². The first-order valence-corrected chi connectivity index (χ1v) is 20.6. The lowest BCUT2D eigenvalue weighted by molar-refractivity contribution is 0.0700. The van der Waals surface area contributed by atoms with Crippen LogP contribution in [-0.2, 0) is 12.8 Å². The van der Waals surface area contributed by atoms with Gasteiger partial charge >= 0.3 is 0 Å². The van der Waals surface area contributed by atoms with E-state index < -0.39 is 40.3 Å². The quantitative estimate of drug-likeness (QED) is 0.149. The number of pyridine rings is 2. The Balaban J connectivity index is 0.955. The lowest BCUT2D eigenvalue weighted by atomic mass is 9.96. The smallest absolute Gasteiger partial charge is 0.278 e. The van der Waals surface area contributed by atoms with E-state index >= 15 is 4.39 Å². The number of hydrogen-bond acceptors (Lipinski definition) is 9. The van der Waals surface area contributed by atoms with Crippen molar-refractivity contribution in [3.8, 4) is 23.0 Å². The first-order chi connectivity index (χ1) is 30.7. The molecule has 3 aliphatic heterocycles. The highest BCUT2D eigenvalue weighted by molar-refractivity contribution is 5.97. The molecule has 6 aromatic rings. The van der Waals surface area contributed by atoms with Crippen LogP contribution in [0.4, 0.5) is 4.39 Å². The monoisotopic (exact) mass is 846 g/mol. The molecule has 0 spiro atoms. The molecule has 0 radical (unpaired) electrons. The molecule has 5 heterocycles. The topological polar surface area (TPSA) is 139 Å². The van der Waals surface area contributed by atoms with Crippen LogP contribution in [0.5, 0.6) is 23.0 Å². The number of rotatable bonds is 10. The molecule has 4 aromatic carbocycles. The molecule has 63 heavy (non-hydrogen) atoms. The van der Waals surface area contributed by atoms with Gasteiger partial charge in [-0.15, -0.1) is 0 Å². The molecule has 3 aliphatic rings. The van der Waals surface area contributed by atoms with Gasteiger partial charge in [-0.25, -0.2) is 4.39 Å². The number of carbonyl (C=O) groups is 2. The summed E-state index contributed by atoms with van der Waals surface area (Å²) in [4.78, 5) is 56.2. The standard InChI is InChI=1S/C49H43FN6O7/c50-37-19-20-42-39(30-37)43(35-15-3-1-4-16-35)56-32-53(24-9-10-27-62-42)49(61)45-47(41(58)22-26-55(45)56)63-38-18-11-12-33(29-38)28-36-17-7-6-14-34(36)13-5-2-8-23-52-31-51-54-25-21-40(57)46(59)44(54)48(52)60/h1-4,6-12,14-22,25-26,29-30,43,51,59H,5,13,23-24,27-28,31-32H2/b8-2-,10-9-/t43-/m1/s1. The number of fused-ring (bicyclic) bond motifs is 6. The summed E-state index contributed by atoms with van der Waals surface area (Å²) in [6.07, 6.45) is 12.6. The fourth-order valence-electron chi connectivity index (χ4n) is 8.22. The van der Waals surface area contributed by atoms with Gasteiger partial charge in [0, 0.05) is 43.2 Å². The van der Waals surface area contributed by atoms with E-state index in [0.29, 0.717) is 36.4 Å². The van der Waals surface area contributed by atoms with Crippen LogP contribution in [0.3, 0.4) is 0 Å². The molecule has 14 heteroatoms. The summed E-state index contributed by atoms with van der Waals surface area (Å²) < 4.78 is 30.6. The minimum atomic E-state index is -0.628. The molecule has 13 nitrogen and oxygen atoms in total. The van der Waals surface area contributed by atoms with Crippen molar-refractivity contribution in [1.29, 1.82) is 0 Å². The van der Waals surface area contributed by atoms with Gasteiger partial charge in [0.1, 0.15) is 43.3 Å². The van der Waals surface area contributed by atoms with Gasteiger partial charge in [0.25, 0.3) is 11.8 Å². The fourth-order valence-corrected chi connectivity index (χ4v) is 8.22. The van der Waals surface area contributed by atoms with Gasteiger partial charge in [-0.1, -0.05) is 85.0 Å². The van der Waals surface area contributed by atoms with Crippen LogP contribution in [0.1, 0.15) is 61.3 Å². The zero-order chi connectivity index (χ0) is 43.5. The van der Waals surface area contributed by atoms with Gasteiger partial charge in [-0.2, -0.15) is 0 Å². The van der Waals surface area contributed by atoms with E-state index in [9.17, 15) is 24.3 Å². The van der Waals surface area contributed by atoms with Gasteiger partial charge in [0.15, 0.2) is 17.1 Å². The number of ether oxygens (including phenoxy) is 2. The molecule has 2 amide bonds. The van der Waals surface area contributed by atoms with Crippen molar-refractivity contribution in [3.63, 3.8) is 0 Å². The first-order valence-electron chi connectivity index (χ1n) is 20.6. The SMILES string of the molecule is O=C1c2c(O)c(=O)ccn2NCN1C/C=C\CCc1ccccc1Cc1cccc(Oc2c3n(ccc2=O)N2CN(C/C=C\COc4ccc(F)cc4[C@H]2c2ccccc2)C3=O)c1. The van der Waals surface area contributed by atoms with E-state index in [-0.39, 0.29) is 43.6 Å². The van der Waals surface area contributed by atoms with Crippen LogP contribution in [0, 0.1) is 5.82 Å². The minimum absolute atomic E-state index is 0.0457. The number of benzene rings is 4. The van der Waals surface area contributed by atoms with E-state index in [1.165, 1.54) is 40.0 Å². The molecule has 1 atom stereocenters. The molecule has 2 N–H and O–H groups in total. The Morgan fingerprint density at radius 1 is 0.810 bits per heavy atom. The van der Waals surface area contributed by atoms with Crippen molar-refractivity contribution < 1.29 is 28.6 Å². The number of hydrogen-bond donors (Lipinski definition) is 2.